The van der Waals surface area contributed by atoms with E-state index in [2.05, 4.69) is 5.10 Å². The number of carbonyl (C=O) groups is 1. The Labute approximate surface area is 192 Å². The summed E-state index contributed by atoms with van der Waals surface area (Å²) >= 11 is 2.53. The SMILES string of the molecule is Cc1nn(-c2ccc(F)cc2)c2sc(C(=O)N3CCN(S(=O)(=O)c4cccs4)CC3)cc12. The zero-order valence-electron chi connectivity index (χ0n) is 17.1. The van der Waals surface area contributed by atoms with Crippen molar-refractivity contribution in [3.8, 4) is 5.69 Å². The molecule has 3 aromatic heterocycles. The van der Waals surface area contributed by atoms with Gasteiger partial charge >= 0.3 is 0 Å². The van der Waals surface area contributed by atoms with Crippen LogP contribution in [-0.2, 0) is 10.0 Å². The molecule has 1 aliphatic heterocycles. The predicted molar refractivity (Wildman–Crippen MR) is 123 cm³/mol. The molecule has 1 fully saturated rings. The maximum absolute atomic E-state index is 13.3. The minimum Gasteiger partial charge on any atom is -0.335 e. The molecule has 0 radical (unpaired) electrons. The number of hydrogen-bond acceptors (Lipinski definition) is 6. The Morgan fingerprint density at radius 2 is 1.81 bits per heavy atom. The van der Waals surface area contributed by atoms with Crippen molar-refractivity contribution in [2.24, 2.45) is 0 Å². The van der Waals surface area contributed by atoms with Gasteiger partial charge in [-0.3, -0.25) is 4.79 Å². The first kappa shape index (κ1) is 21.3. The van der Waals surface area contributed by atoms with Crippen molar-refractivity contribution in [2.45, 2.75) is 11.1 Å². The Hall–Kier alpha value is -2.60. The fourth-order valence-corrected chi connectivity index (χ4v) is 7.45. The number of nitrogens with zero attached hydrogens (tertiary/aromatic N) is 4. The molecule has 1 aliphatic rings. The van der Waals surface area contributed by atoms with Gasteiger partial charge in [0.2, 0.25) is 0 Å². The molecule has 0 saturated carbocycles. The molecule has 5 rings (SSSR count). The van der Waals surface area contributed by atoms with Crippen molar-refractivity contribution < 1.29 is 17.6 Å². The maximum Gasteiger partial charge on any atom is 0.264 e. The second-order valence-corrected chi connectivity index (χ2v) is 11.6. The van der Waals surface area contributed by atoms with Gasteiger partial charge in [-0.2, -0.15) is 9.40 Å². The van der Waals surface area contributed by atoms with Crippen LogP contribution in [0.25, 0.3) is 15.9 Å². The maximum atomic E-state index is 13.3. The van der Waals surface area contributed by atoms with E-state index in [9.17, 15) is 17.6 Å². The van der Waals surface area contributed by atoms with Gasteiger partial charge in [0, 0.05) is 31.6 Å². The van der Waals surface area contributed by atoms with Crippen LogP contribution < -0.4 is 0 Å². The van der Waals surface area contributed by atoms with Crippen LogP contribution in [0.2, 0.25) is 0 Å². The van der Waals surface area contributed by atoms with Crippen LogP contribution in [0.5, 0.6) is 0 Å². The number of hydrogen-bond donors (Lipinski definition) is 0. The van der Waals surface area contributed by atoms with Crippen molar-refractivity contribution in [3.05, 3.63) is 64.2 Å². The molecule has 0 bridgehead atoms. The molecule has 166 valence electrons. The summed E-state index contributed by atoms with van der Waals surface area (Å²) in [6.45, 7) is 3.07. The summed E-state index contributed by atoms with van der Waals surface area (Å²) in [5.41, 5.74) is 1.50. The number of amides is 1. The molecular formula is C21H19FN4O3S3. The average molecular weight is 491 g/mol. The molecule has 0 unspecified atom stereocenters. The van der Waals surface area contributed by atoms with E-state index in [-0.39, 0.29) is 24.8 Å². The topological polar surface area (TPSA) is 75.5 Å². The van der Waals surface area contributed by atoms with Gasteiger partial charge in [0.25, 0.3) is 15.9 Å². The summed E-state index contributed by atoms with van der Waals surface area (Å²) in [6.07, 6.45) is 0. The Morgan fingerprint density at radius 3 is 2.47 bits per heavy atom. The Kier molecular flexibility index (Phi) is 5.36. The van der Waals surface area contributed by atoms with Crippen LogP contribution in [0.15, 0.2) is 52.1 Å². The van der Waals surface area contributed by atoms with E-state index < -0.39 is 10.0 Å². The summed E-state index contributed by atoms with van der Waals surface area (Å²) in [6, 6.07) is 11.2. The largest absolute Gasteiger partial charge is 0.335 e. The van der Waals surface area contributed by atoms with Crippen LogP contribution in [0.1, 0.15) is 15.4 Å². The third-order valence-corrected chi connectivity index (χ3v) is 9.81. The summed E-state index contributed by atoms with van der Waals surface area (Å²) in [5, 5.41) is 7.15. The highest BCUT2D eigenvalue weighted by Crippen LogP contribution is 2.31. The lowest BCUT2D eigenvalue weighted by molar-refractivity contribution is 0.0703. The number of piperazine rings is 1. The van der Waals surface area contributed by atoms with Gasteiger partial charge in [-0.25, -0.2) is 17.5 Å². The molecule has 0 aliphatic carbocycles. The summed E-state index contributed by atoms with van der Waals surface area (Å²) < 4.78 is 42.2. The van der Waals surface area contributed by atoms with E-state index in [1.165, 1.54) is 39.1 Å². The molecule has 0 atom stereocenters. The Morgan fingerprint density at radius 1 is 1.09 bits per heavy atom. The molecule has 4 aromatic rings. The summed E-state index contributed by atoms with van der Waals surface area (Å²) in [7, 11) is -3.51. The van der Waals surface area contributed by atoms with Crippen molar-refractivity contribution in [1.29, 1.82) is 0 Å². The van der Waals surface area contributed by atoms with Crippen LogP contribution in [0, 0.1) is 12.7 Å². The standard InChI is InChI=1S/C21H19FN4O3S3/c1-14-17-13-18(31-21(17)26(23-14)16-6-4-15(22)5-7-16)20(27)24-8-10-25(11-9-24)32(28,29)19-3-2-12-30-19/h2-7,12-13H,8-11H2,1H3. The van der Waals surface area contributed by atoms with Crippen molar-refractivity contribution in [3.63, 3.8) is 0 Å². The molecule has 1 aromatic carbocycles. The lowest BCUT2D eigenvalue weighted by Crippen LogP contribution is -2.50. The fourth-order valence-electron chi connectivity index (χ4n) is 3.73. The number of halogens is 1. The first-order chi connectivity index (χ1) is 15.3. The van der Waals surface area contributed by atoms with Crippen molar-refractivity contribution in [1.82, 2.24) is 19.0 Å². The van der Waals surface area contributed by atoms with E-state index in [0.29, 0.717) is 22.2 Å². The molecular weight excluding hydrogens is 471 g/mol. The lowest BCUT2D eigenvalue weighted by Gasteiger charge is -2.33. The third kappa shape index (κ3) is 3.64. The third-order valence-electron chi connectivity index (χ3n) is 5.44. The van der Waals surface area contributed by atoms with E-state index in [1.54, 1.807) is 39.2 Å². The van der Waals surface area contributed by atoms with Gasteiger partial charge < -0.3 is 4.90 Å². The normalized spacial score (nSPS) is 15.5. The molecule has 11 heteroatoms. The first-order valence-corrected chi connectivity index (χ1v) is 13.1. The highest BCUT2D eigenvalue weighted by atomic mass is 32.2. The number of benzene rings is 1. The van der Waals surface area contributed by atoms with E-state index >= 15 is 0 Å². The summed E-state index contributed by atoms with van der Waals surface area (Å²) in [5.74, 6) is -0.444. The van der Waals surface area contributed by atoms with Crippen LogP contribution in [-0.4, -0.2) is 59.5 Å². The van der Waals surface area contributed by atoms with Gasteiger partial charge in [-0.05, 0) is 48.7 Å². The van der Waals surface area contributed by atoms with E-state index in [4.69, 9.17) is 0 Å². The Bertz CT molecular complexity index is 1380. The molecule has 1 amide bonds. The monoisotopic (exact) mass is 490 g/mol. The molecule has 1 saturated heterocycles. The Balaban J connectivity index is 1.36. The van der Waals surface area contributed by atoms with Gasteiger partial charge in [0.05, 0.1) is 16.3 Å². The second-order valence-electron chi connectivity index (χ2n) is 7.43. The molecule has 4 heterocycles. The number of thiophene rings is 2. The first-order valence-electron chi connectivity index (χ1n) is 9.92. The van der Waals surface area contributed by atoms with E-state index in [1.807, 2.05) is 13.0 Å². The lowest BCUT2D eigenvalue weighted by atomic mass is 10.2. The quantitative estimate of drug-likeness (QED) is 0.437. The number of aromatic nitrogens is 2. The summed E-state index contributed by atoms with van der Waals surface area (Å²) in [4.78, 5) is 16.2. The average Bonchev–Trinajstić information content (AvgIpc) is 3.53. The number of aryl methyl sites for hydroxylation is 1. The van der Waals surface area contributed by atoms with E-state index in [0.717, 1.165) is 21.6 Å². The molecule has 32 heavy (non-hydrogen) atoms. The van der Waals surface area contributed by atoms with Crippen LogP contribution in [0.3, 0.4) is 0 Å². The number of fused-ring (bicyclic) bond motifs is 1. The number of sulfonamides is 1. The minimum absolute atomic E-state index is 0.121. The smallest absolute Gasteiger partial charge is 0.264 e. The predicted octanol–water partition coefficient (Wildman–Crippen LogP) is 3.74. The van der Waals surface area contributed by atoms with Crippen molar-refractivity contribution >= 4 is 48.8 Å². The van der Waals surface area contributed by atoms with Crippen LogP contribution >= 0.6 is 22.7 Å². The number of carbonyl (C=O) groups excluding carboxylic acids is 1. The van der Waals surface area contributed by atoms with Gasteiger partial charge in [0.1, 0.15) is 14.9 Å². The molecule has 7 nitrogen and oxygen atoms in total. The molecule has 0 N–H and O–H groups in total. The molecule has 0 spiro atoms. The highest BCUT2D eigenvalue weighted by molar-refractivity contribution is 7.91. The van der Waals surface area contributed by atoms with Gasteiger partial charge in [-0.15, -0.1) is 22.7 Å². The fraction of sp³-hybridized carbons (Fsp3) is 0.238. The van der Waals surface area contributed by atoms with Crippen LogP contribution in [0.4, 0.5) is 4.39 Å². The second kappa shape index (κ2) is 8.07. The zero-order chi connectivity index (χ0) is 22.5. The highest BCUT2D eigenvalue weighted by Gasteiger charge is 2.31. The van der Waals surface area contributed by atoms with Gasteiger partial charge in [-0.1, -0.05) is 6.07 Å². The zero-order valence-corrected chi connectivity index (χ0v) is 19.5. The minimum atomic E-state index is -3.51. The van der Waals surface area contributed by atoms with Gasteiger partial charge in [0.15, 0.2) is 0 Å². The van der Waals surface area contributed by atoms with Crippen molar-refractivity contribution in [2.75, 3.05) is 26.2 Å². The number of rotatable bonds is 4.